The fourth-order valence-corrected chi connectivity index (χ4v) is 2.23. The lowest BCUT2D eigenvalue weighted by Gasteiger charge is -2.17. The molecular weight excluding hydrogens is 240 g/mol. The van der Waals surface area contributed by atoms with E-state index in [1.165, 1.54) is 0 Å². The van der Waals surface area contributed by atoms with Crippen LogP contribution in [-0.4, -0.2) is 38.8 Å². The van der Waals surface area contributed by atoms with Crippen LogP contribution in [0.3, 0.4) is 0 Å². The number of hydrogen-bond acceptors (Lipinski definition) is 3. The van der Waals surface area contributed by atoms with Crippen molar-refractivity contribution in [3.8, 4) is 0 Å². The molecule has 1 N–H and O–H groups in total. The van der Waals surface area contributed by atoms with Crippen molar-refractivity contribution in [2.24, 2.45) is 0 Å². The molecule has 1 aliphatic heterocycles. The molecule has 19 heavy (non-hydrogen) atoms. The molecule has 1 fully saturated rings. The van der Waals surface area contributed by atoms with Gasteiger partial charge < -0.3 is 15.0 Å². The van der Waals surface area contributed by atoms with E-state index < -0.39 is 0 Å². The maximum Gasteiger partial charge on any atom is 0.227 e. The van der Waals surface area contributed by atoms with E-state index in [0.29, 0.717) is 19.1 Å². The molecule has 1 aromatic carbocycles. The van der Waals surface area contributed by atoms with Crippen LogP contribution < -0.4 is 10.2 Å². The molecule has 1 unspecified atom stereocenters. The van der Waals surface area contributed by atoms with Gasteiger partial charge in [-0.15, -0.1) is 0 Å². The average Bonchev–Trinajstić information content (AvgIpc) is 2.96. The maximum absolute atomic E-state index is 12.0. The molecule has 104 valence electrons. The monoisotopic (exact) mass is 262 g/mol. The number of carbonyl (C=O) groups excluding carboxylic acids is 1. The normalized spacial score (nSPS) is 18.5. The van der Waals surface area contributed by atoms with Gasteiger partial charge in [-0.1, -0.05) is 18.2 Å². The molecular formula is C15H22N2O2. The third-order valence-corrected chi connectivity index (χ3v) is 3.43. The molecule has 0 radical (unpaired) electrons. The summed E-state index contributed by atoms with van der Waals surface area (Å²) < 4.78 is 5.52. The third kappa shape index (κ3) is 4.33. The van der Waals surface area contributed by atoms with Gasteiger partial charge in [0.25, 0.3) is 0 Å². The summed E-state index contributed by atoms with van der Waals surface area (Å²) in [6.07, 6.45) is 3.13. The molecule has 0 saturated carbocycles. The van der Waals surface area contributed by atoms with Crippen molar-refractivity contribution in [2.45, 2.75) is 25.4 Å². The van der Waals surface area contributed by atoms with Gasteiger partial charge in [-0.2, -0.15) is 0 Å². The standard InChI is InChI=1S/C15H22N2O2/c1-17(13-6-3-2-4-7-13)15(18)9-10-16-12-14-8-5-11-19-14/h2-4,6-7,14,16H,5,8-12H2,1H3. The molecule has 0 spiro atoms. The fraction of sp³-hybridized carbons (Fsp3) is 0.533. The van der Waals surface area contributed by atoms with Crippen LogP contribution in [0, 0.1) is 0 Å². The number of nitrogens with zero attached hydrogens (tertiary/aromatic N) is 1. The Balaban J connectivity index is 1.66. The third-order valence-electron chi connectivity index (χ3n) is 3.43. The number of hydrogen-bond donors (Lipinski definition) is 1. The molecule has 1 saturated heterocycles. The first-order valence-electron chi connectivity index (χ1n) is 6.91. The molecule has 1 atom stereocenters. The first-order valence-corrected chi connectivity index (χ1v) is 6.91. The highest BCUT2D eigenvalue weighted by Gasteiger charge is 2.15. The van der Waals surface area contributed by atoms with Crippen LogP contribution in [0.15, 0.2) is 30.3 Å². The number of nitrogens with one attached hydrogen (secondary N) is 1. The zero-order chi connectivity index (χ0) is 13.5. The molecule has 1 heterocycles. The zero-order valence-corrected chi connectivity index (χ0v) is 11.5. The van der Waals surface area contributed by atoms with Crippen molar-refractivity contribution >= 4 is 11.6 Å². The van der Waals surface area contributed by atoms with Crippen LogP contribution in [0.2, 0.25) is 0 Å². The highest BCUT2D eigenvalue weighted by molar-refractivity contribution is 5.92. The fourth-order valence-electron chi connectivity index (χ4n) is 2.23. The molecule has 1 amide bonds. The summed E-state index contributed by atoms with van der Waals surface area (Å²) in [5.41, 5.74) is 0.937. The van der Waals surface area contributed by atoms with Gasteiger partial charge in [-0.3, -0.25) is 4.79 Å². The van der Waals surface area contributed by atoms with E-state index in [9.17, 15) is 4.79 Å². The average molecular weight is 262 g/mol. The van der Waals surface area contributed by atoms with E-state index in [2.05, 4.69) is 5.32 Å². The van der Waals surface area contributed by atoms with E-state index in [4.69, 9.17) is 4.74 Å². The summed E-state index contributed by atoms with van der Waals surface area (Å²) in [7, 11) is 1.82. The van der Waals surface area contributed by atoms with Crippen LogP contribution in [0.4, 0.5) is 5.69 Å². The van der Waals surface area contributed by atoms with E-state index in [1.807, 2.05) is 37.4 Å². The minimum atomic E-state index is 0.131. The summed E-state index contributed by atoms with van der Waals surface area (Å²) >= 11 is 0. The molecule has 1 aliphatic rings. The smallest absolute Gasteiger partial charge is 0.227 e. The maximum atomic E-state index is 12.0. The van der Waals surface area contributed by atoms with Gasteiger partial charge in [-0.25, -0.2) is 0 Å². The Labute approximate surface area is 114 Å². The van der Waals surface area contributed by atoms with Gasteiger partial charge in [-0.05, 0) is 25.0 Å². The first kappa shape index (κ1) is 14.0. The Hall–Kier alpha value is -1.39. The quantitative estimate of drug-likeness (QED) is 0.795. The van der Waals surface area contributed by atoms with E-state index >= 15 is 0 Å². The van der Waals surface area contributed by atoms with Crippen molar-refractivity contribution in [3.63, 3.8) is 0 Å². The van der Waals surface area contributed by atoms with Crippen molar-refractivity contribution in [2.75, 3.05) is 31.6 Å². The summed E-state index contributed by atoms with van der Waals surface area (Å²) in [4.78, 5) is 13.7. The van der Waals surface area contributed by atoms with Gasteiger partial charge >= 0.3 is 0 Å². The highest BCUT2D eigenvalue weighted by Crippen LogP contribution is 2.12. The van der Waals surface area contributed by atoms with Crippen molar-refractivity contribution in [3.05, 3.63) is 30.3 Å². The largest absolute Gasteiger partial charge is 0.377 e. The van der Waals surface area contributed by atoms with Crippen LogP contribution >= 0.6 is 0 Å². The Morgan fingerprint density at radius 2 is 2.21 bits per heavy atom. The Morgan fingerprint density at radius 3 is 2.89 bits per heavy atom. The van der Waals surface area contributed by atoms with Crippen LogP contribution in [-0.2, 0) is 9.53 Å². The molecule has 1 aromatic rings. The van der Waals surface area contributed by atoms with Crippen molar-refractivity contribution < 1.29 is 9.53 Å². The Kier molecular flexibility index (Phi) is 5.36. The second kappa shape index (κ2) is 7.26. The van der Waals surface area contributed by atoms with Gasteiger partial charge in [0.15, 0.2) is 0 Å². The summed E-state index contributed by atoms with van der Waals surface area (Å²) in [5, 5.41) is 3.29. The zero-order valence-electron chi connectivity index (χ0n) is 11.5. The molecule has 0 bridgehead atoms. The summed E-state index contributed by atoms with van der Waals surface area (Å²) in [6.45, 7) is 2.43. The predicted octanol–water partition coefficient (Wildman–Crippen LogP) is 1.81. The first-order chi connectivity index (χ1) is 9.27. The number of rotatable bonds is 6. The number of carbonyl (C=O) groups is 1. The Morgan fingerprint density at radius 1 is 1.42 bits per heavy atom. The van der Waals surface area contributed by atoms with Crippen LogP contribution in [0.1, 0.15) is 19.3 Å². The van der Waals surface area contributed by atoms with Crippen LogP contribution in [0.25, 0.3) is 0 Å². The second-order valence-corrected chi connectivity index (χ2v) is 4.88. The van der Waals surface area contributed by atoms with Gasteiger partial charge in [0.05, 0.1) is 6.10 Å². The topological polar surface area (TPSA) is 41.6 Å². The lowest BCUT2D eigenvalue weighted by Crippen LogP contribution is -2.32. The number of ether oxygens (including phenoxy) is 1. The minimum absolute atomic E-state index is 0.131. The minimum Gasteiger partial charge on any atom is -0.377 e. The summed E-state index contributed by atoms with van der Waals surface area (Å²) in [6, 6.07) is 9.71. The number of benzene rings is 1. The molecule has 2 rings (SSSR count). The van der Waals surface area contributed by atoms with Crippen LogP contribution in [0.5, 0.6) is 0 Å². The molecule has 0 aliphatic carbocycles. The number of amides is 1. The van der Waals surface area contributed by atoms with Crippen molar-refractivity contribution in [1.29, 1.82) is 0 Å². The van der Waals surface area contributed by atoms with Crippen molar-refractivity contribution in [1.82, 2.24) is 5.32 Å². The second-order valence-electron chi connectivity index (χ2n) is 4.88. The molecule has 4 nitrogen and oxygen atoms in total. The SMILES string of the molecule is CN(C(=O)CCNCC1CCCO1)c1ccccc1. The lowest BCUT2D eigenvalue weighted by molar-refractivity contribution is -0.118. The van der Waals surface area contributed by atoms with E-state index in [1.54, 1.807) is 4.90 Å². The Bertz CT molecular complexity index is 388. The van der Waals surface area contributed by atoms with Gasteiger partial charge in [0.2, 0.25) is 5.91 Å². The summed E-state index contributed by atoms with van der Waals surface area (Å²) in [5.74, 6) is 0.131. The van der Waals surface area contributed by atoms with Gasteiger partial charge in [0, 0.05) is 38.9 Å². The molecule has 0 aromatic heterocycles. The lowest BCUT2D eigenvalue weighted by atomic mass is 10.2. The van der Waals surface area contributed by atoms with E-state index in [-0.39, 0.29) is 5.91 Å². The van der Waals surface area contributed by atoms with Gasteiger partial charge in [0.1, 0.15) is 0 Å². The predicted molar refractivity (Wildman–Crippen MR) is 76.3 cm³/mol. The number of para-hydroxylation sites is 1. The highest BCUT2D eigenvalue weighted by atomic mass is 16.5. The number of anilines is 1. The molecule has 4 heteroatoms. The van der Waals surface area contributed by atoms with E-state index in [0.717, 1.165) is 31.7 Å².